The molecule has 0 radical (unpaired) electrons. The summed E-state index contributed by atoms with van der Waals surface area (Å²) in [6.45, 7) is 2.26. The zero-order valence-electron chi connectivity index (χ0n) is 15.3. The molecule has 1 aromatic heterocycles. The van der Waals surface area contributed by atoms with Crippen LogP contribution >= 0.6 is 11.3 Å². The molecule has 2 amide bonds. The van der Waals surface area contributed by atoms with Gasteiger partial charge in [0.05, 0.1) is 9.80 Å². The molecule has 2 N–H and O–H groups in total. The van der Waals surface area contributed by atoms with Gasteiger partial charge in [0.25, 0.3) is 11.6 Å². The number of nitro benzene ring substituents is 1. The van der Waals surface area contributed by atoms with Gasteiger partial charge in [0, 0.05) is 49.9 Å². The van der Waals surface area contributed by atoms with Gasteiger partial charge in [0.2, 0.25) is 5.91 Å². The van der Waals surface area contributed by atoms with Gasteiger partial charge in [0.15, 0.2) is 0 Å². The highest BCUT2D eigenvalue weighted by molar-refractivity contribution is 7.12. The minimum atomic E-state index is -0.489. The molecule has 2 aromatic rings. The van der Waals surface area contributed by atoms with Crippen molar-refractivity contribution < 1.29 is 14.5 Å². The highest BCUT2D eigenvalue weighted by Gasteiger charge is 2.21. The molecule has 148 valence electrons. The van der Waals surface area contributed by atoms with Crippen LogP contribution < -0.4 is 10.6 Å². The molecule has 0 unspecified atom stereocenters. The number of carbonyl (C=O) groups excluding carboxylic acids is 2. The van der Waals surface area contributed by atoms with Crippen molar-refractivity contribution in [2.24, 2.45) is 0 Å². The fourth-order valence-corrected chi connectivity index (χ4v) is 3.77. The van der Waals surface area contributed by atoms with Gasteiger partial charge in [-0.3, -0.25) is 19.7 Å². The van der Waals surface area contributed by atoms with Crippen molar-refractivity contribution in [1.29, 1.82) is 0 Å². The average molecular weight is 402 g/mol. The van der Waals surface area contributed by atoms with E-state index in [0.29, 0.717) is 18.7 Å². The Morgan fingerprint density at radius 3 is 2.68 bits per heavy atom. The topological polar surface area (TPSA) is 105 Å². The second-order valence-corrected chi connectivity index (χ2v) is 7.62. The summed E-state index contributed by atoms with van der Waals surface area (Å²) >= 11 is 1.43. The summed E-state index contributed by atoms with van der Waals surface area (Å²) < 4.78 is 0. The Morgan fingerprint density at radius 2 is 2.00 bits per heavy atom. The van der Waals surface area contributed by atoms with Gasteiger partial charge in [-0.1, -0.05) is 12.1 Å². The van der Waals surface area contributed by atoms with E-state index in [0.717, 1.165) is 30.8 Å². The molecule has 28 heavy (non-hydrogen) atoms. The molecule has 1 fully saturated rings. The smallest absolute Gasteiger partial charge is 0.271 e. The molecule has 1 aromatic carbocycles. The van der Waals surface area contributed by atoms with Crippen molar-refractivity contribution in [2.45, 2.75) is 25.3 Å². The van der Waals surface area contributed by atoms with E-state index < -0.39 is 4.92 Å². The summed E-state index contributed by atoms with van der Waals surface area (Å²) in [4.78, 5) is 37.4. The lowest BCUT2D eigenvalue weighted by Crippen LogP contribution is -2.45. The van der Waals surface area contributed by atoms with Gasteiger partial charge in [-0.05, 0) is 30.4 Å². The zero-order chi connectivity index (χ0) is 19.9. The minimum absolute atomic E-state index is 0.0233. The van der Waals surface area contributed by atoms with Crippen molar-refractivity contribution in [2.75, 3.05) is 25.0 Å². The molecule has 0 aliphatic carbocycles. The molecule has 2 heterocycles. The van der Waals surface area contributed by atoms with Gasteiger partial charge in [-0.15, -0.1) is 11.3 Å². The molecule has 0 saturated carbocycles. The number of nitro groups is 1. The van der Waals surface area contributed by atoms with Gasteiger partial charge in [0.1, 0.15) is 0 Å². The van der Waals surface area contributed by atoms with Crippen molar-refractivity contribution in [3.05, 3.63) is 56.8 Å². The SMILES string of the molecule is O=C(CCN1CCC(NC(=O)c2cccs2)CC1)Nc1cccc([N+](=O)[O-])c1. The highest BCUT2D eigenvalue weighted by Crippen LogP contribution is 2.18. The third-order valence-electron chi connectivity index (χ3n) is 4.66. The van der Waals surface area contributed by atoms with E-state index in [4.69, 9.17) is 0 Å². The molecule has 0 bridgehead atoms. The lowest BCUT2D eigenvalue weighted by molar-refractivity contribution is -0.384. The zero-order valence-corrected chi connectivity index (χ0v) is 16.1. The van der Waals surface area contributed by atoms with Gasteiger partial charge in [-0.25, -0.2) is 0 Å². The molecular weight excluding hydrogens is 380 g/mol. The number of hydrogen-bond donors (Lipinski definition) is 2. The third kappa shape index (κ3) is 5.61. The first kappa shape index (κ1) is 20.0. The Bertz CT molecular complexity index is 832. The maximum absolute atomic E-state index is 12.1. The second-order valence-electron chi connectivity index (χ2n) is 6.67. The number of non-ortho nitro benzene ring substituents is 1. The summed E-state index contributed by atoms with van der Waals surface area (Å²) in [5, 5.41) is 18.4. The van der Waals surface area contributed by atoms with Crippen LogP contribution in [0.15, 0.2) is 41.8 Å². The Morgan fingerprint density at radius 1 is 1.21 bits per heavy atom. The van der Waals surface area contributed by atoms with E-state index in [1.165, 1.54) is 23.5 Å². The number of likely N-dealkylation sites (tertiary alicyclic amines) is 1. The number of thiophene rings is 1. The van der Waals surface area contributed by atoms with Crippen LogP contribution in [-0.2, 0) is 4.79 Å². The first-order valence-corrected chi connectivity index (χ1v) is 10.0. The van der Waals surface area contributed by atoms with Gasteiger partial charge in [-0.2, -0.15) is 0 Å². The molecular formula is C19H22N4O4S. The number of rotatable bonds is 7. The van der Waals surface area contributed by atoms with Crippen LogP contribution in [0.4, 0.5) is 11.4 Å². The molecule has 8 nitrogen and oxygen atoms in total. The van der Waals surface area contributed by atoms with Crippen molar-refractivity contribution in [3.63, 3.8) is 0 Å². The van der Waals surface area contributed by atoms with Crippen LogP contribution in [0.3, 0.4) is 0 Å². The summed E-state index contributed by atoms with van der Waals surface area (Å²) in [5.41, 5.74) is 0.374. The Kier molecular flexibility index (Phi) is 6.72. The number of amides is 2. The van der Waals surface area contributed by atoms with Crippen molar-refractivity contribution >= 4 is 34.5 Å². The van der Waals surface area contributed by atoms with E-state index >= 15 is 0 Å². The van der Waals surface area contributed by atoms with Crippen LogP contribution in [0.5, 0.6) is 0 Å². The van der Waals surface area contributed by atoms with E-state index in [1.54, 1.807) is 12.1 Å². The van der Waals surface area contributed by atoms with Crippen molar-refractivity contribution in [3.8, 4) is 0 Å². The first-order chi connectivity index (χ1) is 13.5. The fourth-order valence-electron chi connectivity index (χ4n) is 3.15. The number of benzene rings is 1. The fraction of sp³-hybridized carbons (Fsp3) is 0.368. The maximum atomic E-state index is 12.1. The average Bonchev–Trinajstić information content (AvgIpc) is 3.23. The quantitative estimate of drug-likeness (QED) is 0.547. The summed E-state index contributed by atoms with van der Waals surface area (Å²) in [7, 11) is 0. The number of piperidine rings is 1. The second kappa shape index (κ2) is 9.43. The lowest BCUT2D eigenvalue weighted by Gasteiger charge is -2.32. The summed E-state index contributed by atoms with van der Waals surface area (Å²) in [6, 6.07) is 9.74. The van der Waals surface area contributed by atoms with Crippen molar-refractivity contribution in [1.82, 2.24) is 10.2 Å². The van der Waals surface area contributed by atoms with Crippen LogP contribution in [0.25, 0.3) is 0 Å². The standard InChI is InChI=1S/C19H22N4O4S/c24-18(20-15-3-1-4-16(13-15)23(26)27)8-11-22-9-6-14(7-10-22)21-19(25)17-5-2-12-28-17/h1-5,12-14H,6-11H2,(H,20,24)(H,21,25). The molecule has 1 aliphatic heterocycles. The number of nitrogens with one attached hydrogen (secondary N) is 2. The molecule has 0 atom stereocenters. The van der Waals surface area contributed by atoms with Crippen LogP contribution in [0.2, 0.25) is 0 Å². The highest BCUT2D eigenvalue weighted by atomic mass is 32.1. The minimum Gasteiger partial charge on any atom is -0.349 e. The summed E-state index contributed by atoms with van der Waals surface area (Å²) in [5.74, 6) is -0.196. The Hall–Kier alpha value is -2.78. The molecule has 1 aliphatic rings. The van der Waals surface area contributed by atoms with E-state index in [9.17, 15) is 19.7 Å². The lowest BCUT2D eigenvalue weighted by atomic mass is 10.0. The van der Waals surface area contributed by atoms with E-state index in [1.807, 2.05) is 17.5 Å². The Labute approximate surface area is 166 Å². The van der Waals surface area contributed by atoms with Crippen LogP contribution in [0.1, 0.15) is 28.9 Å². The molecule has 1 saturated heterocycles. The van der Waals surface area contributed by atoms with Gasteiger partial charge < -0.3 is 15.5 Å². The molecule has 9 heteroatoms. The maximum Gasteiger partial charge on any atom is 0.271 e. The Balaban J connectivity index is 1.38. The van der Waals surface area contributed by atoms with E-state index in [-0.39, 0.29) is 23.5 Å². The third-order valence-corrected chi connectivity index (χ3v) is 5.53. The monoisotopic (exact) mass is 402 g/mol. The van der Waals surface area contributed by atoms with Gasteiger partial charge >= 0.3 is 0 Å². The predicted molar refractivity (Wildman–Crippen MR) is 108 cm³/mol. The normalized spacial score (nSPS) is 15.1. The predicted octanol–water partition coefficient (Wildman–Crippen LogP) is 2.88. The first-order valence-electron chi connectivity index (χ1n) is 9.12. The van der Waals surface area contributed by atoms with Crippen LogP contribution in [0, 0.1) is 10.1 Å². The number of nitrogens with zero attached hydrogens (tertiary/aromatic N) is 2. The molecule has 3 rings (SSSR count). The number of carbonyl (C=O) groups is 2. The van der Waals surface area contributed by atoms with E-state index in [2.05, 4.69) is 15.5 Å². The number of anilines is 1. The molecule has 0 spiro atoms. The number of hydrogen-bond acceptors (Lipinski definition) is 6. The summed E-state index contributed by atoms with van der Waals surface area (Å²) in [6.07, 6.45) is 2.02. The van der Waals surface area contributed by atoms with Crippen LogP contribution in [-0.4, -0.2) is 47.3 Å². The largest absolute Gasteiger partial charge is 0.349 e.